The van der Waals surface area contributed by atoms with E-state index in [1.165, 1.54) is 26.4 Å². The molecule has 21 heteroatoms. The summed E-state index contributed by atoms with van der Waals surface area (Å²) in [4.78, 5) is 32.7. The van der Waals surface area contributed by atoms with Gasteiger partial charge in [0.25, 0.3) is 0 Å². The number of hydrogen-bond donors (Lipinski definition) is 0. The molecule has 7 rings (SSSR count). The maximum Gasteiger partial charge on any atom is 0.244 e. The molecular weight excluding hydrogens is 955 g/mol. The Morgan fingerprint density at radius 3 is 1.55 bits per heavy atom. The zero-order valence-corrected chi connectivity index (χ0v) is 37.0. The molecule has 2 aliphatic rings. The van der Waals surface area contributed by atoms with Crippen LogP contribution in [0.2, 0.25) is 20.1 Å². The molecule has 0 bridgehead atoms. The van der Waals surface area contributed by atoms with Gasteiger partial charge in [-0.1, -0.05) is 46.4 Å². The molecule has 2 saturated heterocycles. The Labute approximate surface area is 367 Å². The number of amides is 2. The number of ether oxygens (including phenoxy) is 2. The van der Waals surface area contributed by atoms with Crippen LogP contribution in [0.5, 0.6) is 11.5 Å². The predicted molar refractivity (Wildman–Crippen MR) is 227 cm³/mol. The Bertz CT molecular complexity index is 2280. The molecule has 5 heterocycles. The Hall–Kier alpha value is -4.04. The van der Waals surface area contributed by atoms with Gasteiger partial charge in [-0.15, -0.1) is 0 Å². The van der Waals surface area contributed by atoms with Crippen LogP contribution in [0.3, 0.4) is 0 Å². The molecule has 0 saturated carbocycles. The molecule has 2 aromatic carbocycles. The summed E-state index contributed by atoms with van der Waals surface area (Å²) in [7, 11) is 2.98. The SMILES string of the molecule is COc1cc(N2CCN(C(=O)Cn3nc(-n4cccn4)c(Cl)c3C)CC2)c(F)cc1Cl.COc1cc(N2CCN(C(=O)Cn3nc(I)c(Cl)c3C)CC2)c(F)cc1Cl. The van der Waals surface area contributed by atoms with Gasteiger partial charge in [-0.25, -0.2) is 13.5 Å². The van der Waals surface area contributed by atoms with Gasteiger partial charge in [0.2, 0.25) is 11.8 Å². The van der Waals surface area contributed by atoms with E-state index in [9.17, 15) is 18.4 Å². The zero-order chi connectivity index (χ0) is 41.8. The zero-order valence-electron chi connectivity index (χ0n) is 31.9. The molecule has 310 valence electrons. The van der Waals surface area contributed by atoms with E-state index in [1.54, 1.807) is 54.4 Å². The lowest BCUT2D eigenvalue weighted by atomic mass is 10.2. The molecule has 3 aromatic heterocycles. The van der Waals surface area contributed by atoms with E-state index in [1.807, 2.05) is 46.2 Å². The lowest BCUT2D eigenvalue weighted by Gasteiger charge is -2.36. The molecule has 0 unspecified atom stereocenters. The molecule has 0 spiro atoms. The number of methoxy groups -OCH3 is 2. The highest BCUT2D eigenvalue weighted by molar-refractivity contribution is 14.1. The number of anilines is 2. The smallest absolute Gasteiger partial charge is 0.244 e. The third-order valence-corrected chi connectivity index (χ3v) is 12.5. The second kappa shape index (κ2) is 18.9. The molecule has 0 aliphatic carbocycles. The maximum absolute atomic E-state index is 14.4. The number of halogens is 7. The number of aromatic nitrogens is 6. The Kier molecular flexibility index (Phi) is 14.2. The van der Waals surface area contributed by atoms with Crippen LogP contribution in [0.15, 0.2) is 42.7 Å². The van der Waals surface area contributed by atoms with Crippen LogP contribution in [0.25, 0.3) is 5.82 Å². The Morgan fingerprint density at radius 1 is 0.707 bits per heavy atom. The third kappa shape index (κ3) is 9.54. The monoisotopic (exact) mass is 992 g/mol. The van der Waals surface area contributed by atoms with Crippen molar-refractivity contribution >= 4 is 92.2 Å². The number of carbonyl (C=O) groups excluding carboxylic acids is 2. The summed E-state index contributed by atoms with van der Waals surface area (Å²) in [5, 5.41) is 14.3. The summed E-state index contributed by atoms with van der Waals surface area (Å²) in [6, 6.07) is 7.44. The highest BCUT2D eigenvalue weighted by Crippen LogP contribution is 2.34. The lowest BCUT2D eigenvalue weighted by Crippen LogP contribution is -2.50. The van der Waals surface area contributed by atoms with E-state index in [0.717, 1.165) is 5.69 Å². The molecule has 2 fully saturated rings. The second-order valence-electron chi connectivity index (χ2n) is 13.3. The minimum Gasteiger partial charge on any atom is -0.495 e. The average molecular weight is 994 g/mol. The van der Waals surface area contributed by atoms with Crippen LogP contribution >= 0.6 is 69.0 Å². The van der Waals surface area contributed by atoms with Crippen molar-refractivity contribution in [2.75, 3.05) is 76.4 Å². The van der Waals surface area contributed by atoms with Crippen LogP contribution in [0, 0.1) is 29.2 Å². The first-order chi connectivity index (χ1) is 27.7. The van der Waals surface area contributed by atoms with Crippen molar-refractivity contribution < 1.29 is 27.8 Å². The van der Waals surface area contributed by atoms with Crippen molar-refractivity contribution in [3.8, 4) is 17.3 Å². The van der Waals surface area contributed by atoms with Gasteiger partial charge in [0, 0.05) is 76.9 Å². The molecule has 58 heavy (non-hydrogen) atoms. The summed E-state index contributed by atoms with van der Waals surface area (Å²) in [6.45, 7) is 7.77. The molecule has 14 nitrogen and oxygen atoms in total. The van der Waals surface area contributed by atoms with Gasteiger partial charge >= 0.3 is 0 Å². The summed E-state index contributed by atoms with van der Waals surface area (Å²) < 4.78 is 44.5. The topological polar surface area (TPSA) is 119 Å². The van der Waals surface area contributed by atoms with Gasteiger partial charge in [-0.05, 0) is 54.6 Å². The normalized spacial score (nSPS) is 14.4. The first-order valence-corrected chi connectivity index (χ1v) is 20.5. The van der Waals surface area contributed by atoms with Crippen LogP contribution in [0.4, 0.5) is 20.2 Å². The van der Waals surface area contributed by atoms with Gasteiger partial charge in [-0.2, -0.15) is 15.3 Å². The van der Waals surface area contributed by atoms with Crippen molar-refractivity contribution in [3.05, 3.63) is 89.5 Å². The number of piperazine rings is 2. The van der Waals surface area contributed by atoms with Gasteiger partial charge in [0.1, 0.15) is 44.9 Å². The van der Waals surface area contributed by atoms with Crippen molar-refractivity contribution in [2.24, 2.45) is 0 Å². The molecule has 0 atom stereocenters. The minimum atomic E-state index is -0.418. The fraction of sp³-hybridized carbons (Fsp3) is 0.378. The molecule has 2 amide bonds. The Morgan fingerprint density at radius 2 is 1.16 bits per heavy atom. The second-order valence-corrected chi connectivity index (χ2v) is 15.9. The van der Waals surface area contributed by atoms with Gasteiger partial charge < -0.3 is 29.1 Å². The van der Waals surface area contributed by atoms with Crippen molar-refractivity contribution in [1.29, 1.82) is 0 Å². The quantitative estimate of drug-likeness (QED) is 0.147. The third-order valence-electron chi connectivity index (χ3n) is 9.89. The molecule has 0 radical (unpaired) electrons. The van der Waals surface area contributed by atoms with Gasteiger partial charge in [-0.3, -0.25) is 19.0 Å². The fourth-order valence-corrected chi connectivity index (χ4v) is 7.99. The van der Waals surface area contributed by atoms with E-state index in [0.29, 0.717) is 100 Å². The minimum absolute atomic E-state index is 0.0394. The predicted octanol–water partition coefficient (Wildman–Crippen LogP) is 6.78. The largest absolute Gasteiger partial charge is 0.495 e. The van der Waals surface area contributed by atoms with E-state index in [2.05, 4.69) is 15.3 Å². The van der Waals surface area contributed by atoms with Crippen molar-refractivity contribution in [3.63, 3.8) is 0 Å². The van der Waals surface area contributed by atoms with Crippen molar-refractivity contribution in [1.82, 2.24) is 39.1 Å². The van der Waals surface area contributed by atoms with Crippen molar-refractivity contribution in [2.45, 2.75) is 26.9 Å². The Balaban J connectivity index is 0.000000198. The molecule has 2 aliphatic heterocycles. The number of hydrogen-bond acceptors (Lipinski definition) is 9. The first kappa shape index (κ1) is 43.5. The number of benzene rings is 2. The van der Waals surface area contributed by atoms with E-state index < -0.39 is 11.6 Å². The summed E-state index contributed by atoms with van der Waals surface area (Å²) in [5.74, 6) is 0.373. The van der Waals surface area contributed by atoms with Crippen LogP contribution in [-0.4, -0.2) is 118 Å². The number of rotatable bonds is 9. The highest BCUT2D eigenvalue weighted by atomic mass is 127. The van der Waals surface area contributed by atoms with Gasteiger partial charge in [0.15, 0.2) is 5.82 Å². The molecular formula is C37H39Cl4F2IN10O4. The van der Waals surface area contributed by atoms with E-state index >= 15 is 0 Å². The van der Waals surface area contributed by atoms with Crippen LogP contribution in [0.1, 0.15) is 11.4 Å². The van der Waals surface area contributed by atoms with Gasteiger partial charge in [0.05, 0.1) is 52.1 Å². The number of carbonyl (C=O) groups is 2. The highest BCUT2D eigenvalue weighted by Gasteiger charge is 2.27. The summed E-state index contributed by atoms with van der Waals surface area (Å²) in [6.07, 6.45) is 3.37. The molecule has 5 aromatic rings. The van der Waals surface area contributed by atoms with Crippen LogP contribution in [-0.2, 0) is 22.7 Å². The summed E-state index contributed by atoms with van der Waals surface area (Å²) in [5.41, 5.74) is 2.29. The first-order valence-electron chi connectivity index (χ1n) is 17.9. The molecule has 0 N–H and O–H groups in total. The standard InChI is InChI=1S/C20H21Cl2FN6O2.C17H18Cl2FIN4O2/c1-13-19(22)20(28-5-3-4-24-28)25-29(13)12-18(30)27-8-6-26(7-9-27)16-11-17(31-2)14(21)10-15(16)23;1-10-16(19)17(21)22-25(10)9-15(26)24-5-3-23(4-6-24)13-8-14(27-2)11(18)7-12(13)20/h3-5,10-11H,6-9,12H2,1-2H3;7-8H,3-6,9H2,1-2H3. The maximum atomic E-state index is 14.4. The summed E-state index contributed by atoms with van der Waals surface area (Å²) >= 11 is 26.5. The fourth-order valence-electron chi connectivity index (χ4n) is 6.53. The average Bonchev–Trinajstić information content (AvgIpc) is 3.91. The van der Waals surface area contributed by atoms with Crippen LogP contribution < -0.4 is 19.3 Å². The number of nitrogens with zero attached hydrogens (tertiary/aromatic N) is 10. The van der Waals surface area contributed by atoms with E-state index in [4.69, 9.17) is 55.9 Å². The van der Waals surface area contributed by atoms with E-state index in [-0.39, 0.29) is 34.9 Å². The lowest BCUT2D eigenvalue weighted by molar-refractivity contribution is -0.133.